The Kier molecular flexibility index (Phi) is 7.51. The van der Waals surface area contributed by atoms with Gasteiger partial charge in [-0.25, -0.2) is 4.79 Å². The molecular weight excluding hydrogens is 418 g/mol. The van der Waals surface area contributed by atoms with Gasteiger partial charge in [-0.3, -0.25) is 9.59 Å². The van der Waals surface area contributed by atoms with E-state index in [1.54, 1.807) is 31.1 Å². The molecule has 1 heterocycles. The van der Waals surface area contributed by atoms with Crippen LogP contribution in [0, 0.1) is 0 Å². The molecule has 166 valence electrons. The summed E-state index contributed by atoms with van der Waals surface area (Å²) >= 11 is 1.44. The van der Waals surface area contributed by atoms with Gasteiger partial charge in [0, 0.05) is 23.5 Å². The summed E-state index contributed by atoms with van der Waals surface area (Å²) in [4.78, 5) is 39.6. The van der Waals surface area contributed by atoms with Crippen molar-refractivity contribution in [3.63, 3.8) is 0 Å². The molecule has 0 fully saturated rings. The molecule has 3 rings (SSSR count). The first kappa shape index (κ1) is 22.6. The minimum Gasteiger partial charge on any atom is -0.497 e. The Morgan fingerprint density at radius 3 is 2.58 bits per heavy atom. The Morgan fingerprint density at radius 1 is 1.19 bits per heavy atom. The number of nitrogens with one attached hydrogen (secondary N) is 1. The van der Waals surface area contributed by atoms with Crippen LogP contribution in [-0.2, 0) is 27.2 Å². The highest BCUT2D eigenvalue weighted by atomic mass is 32.1. The molecule has 0 saturated heterocycles. The quantitative estimate of drug-likeness (QED) is 0.544. The molecule has 1 aliphatic carbocycles. The number of thiophene rings is 1. The number of amides is 2. The fraction of sp³-hybridized carbons (Fsp3) is 0.409. The number of hydrogen-bond acceptors (Lipinski definition) is 7. The van der Waals surface area contributed by atoms with Gasteiger partial charge in [-0.05, 0) is 56.0 Å². The van der Waals surface area contributed by atoms with Crippen molar-refractivity contribution >= 4 is 39.8 Å². The molecule has 2 aromatic rings. The largest absolute Gasteiger partial charge is 0.497 e. The topological polar surface area (TPSA) is 111 Å². The van der Waals surface area contributed by atoms with Crippen LogP contribution in [0.15, 0.2) is 24.3 Å². The number of esters is 1. The van der Waals surface area contributed by atoms with E-state index in [9.17, 15) is 14.4 Å². The molecular formula is C22H27N3O5S. The lowest BCUT2D eigenvalue weighted by molar-refractivity contribution is -0.118. The minimum atomic E-state index is -0.446. The predicted molar refractivity (Wildman–Crippen MR) is 120 cm³/mol. The summed E-state index contributed by atoms with van der Waals surface area (Å²) in [5.41, 5.74) is 7.53. The number of primary amides is 1. The molecule has 8 nitrogen and oxygen atoms in total. The second-order valence-electron chi connectivity index (χ2n) is 7.17. The third-order valence-corrected chi connectivity index (χ3v) is 6.26. The summed E-state index contributed by atoms with van der Waals surface area (Å²) in [6.45, 7) is 2.33. The number of methoxy groups -OCH3 is 1. The van der Waals surface area contributed by atoms with Gasteiger partial charge in [0.05, 0.1) is 25.8 Å². The van der Waals surface area contributed by atoms with E-state index in [1.165, 1.54) is 11.3 Å². The maximum Gasteiger partial charge on any atom is 0.341 e. The number of nitrogens with two attached hydrogens (primary N) is 1. The number of carbonyl (C=O) groups is 3. The Balaban J connectivity index is 1.77. The average Bonchev–Trinajstić information content (AvgIpc) is 3.32. The highest BCUT2D eigenvalue weighted by Crippen LogP contribution is 2.39. The molecule has 0 bridgehead atoms. The summed E-state index contributed by atoms with van der Waals surface area (Å²) < 4.78 is 10.4. The van der Waals surface area contributed by atoms with Gasteiger partial charge < -0.3 is 25.4 Å². The van der Waals surface area contributed by atoms with Crippen LogP contribution in [0.1, 0.15) is 40.6 Å². The molecule has 1 aliphatic rings. The zero-order valence-electron chi connectivity index (χ0n) is 17.7. The molecule has 2 amide bonds. The van der Waals surface area contributed by atoms with Gasteiger partial charge in [0.25, 0.3) is 0 Å². The van der Waals surface area contributed by atoms with Gasteiger partial charge in [-0.1, -0.05) is 0 Å². The highest BCUT2D eigenvalue weighted by Gasteiger charge is 2.28. The third kappa shape index (κ3) is 5.55. The molecule has 0 spiro atoms. The zero-order chi connectivity index (χ0) is 22.4. The van der Waals surface area contributed by atoms with Crippen LogP contribution in [0.4, 0.5) is 10.7 Å². The van der Waals surface area contributed by atoms with Crippen LogP contribution < -0.4 is 20.7 Å². The molecule has 0 saturated carbocycles. The van der Waals surface area contributed by atoms with E-state index in [4.69, 9.17) is 15.2 Å². The second-order valence-corrected chi connectivity index (χ2v) is 8.27. The maximum atomic E-state index is 12.9. The Hall–Kier alpha value is -3.07. The molecule has 0 unspecified atom stereocenters. The van der Waals surface area contributed by atoms with Crippen molar-refractivity contribution in [3.05, 3.63) is 40.3 Å². The fourth-order valence-corrected chi connectivity index (χ4v) is 4.88. The first-order chi connectivity index (χ1) is 14.9. The van der Waals surface area contributed by atoms with Crippen molar-refractivity contribution in [1.29, 1.82) is 0 Å². The van der Waals surface area contributed by atoms with E-state index in [-0.39, 0.29) is 25.5 Å². The van der Waals surface area contributed by atoms with E-state index < -0.39 is 11.9 Å². The summed E-state index contributed by atoms with van der Waals surface area (Å²) in [5, 5.41) is 3.41. The van der Waals surface area contributed by atoms with E-state index >= 15 is 0 Å². The number of ether oxygens (including phenoxy) is 2. The summed E-state index contributed by atoms with van der Waals surface area (Å²) in [5.74, 6) is -0.447. The fourth-order valence-electron chi connectivity index (χ4n) is 3.59. The number of benzene rings is 1. The molecule has 0 atom stereocenters. The Labute approximate surface area is 185 Å². The van der Waals surface area contributed by atoms with Crippen molar-refractivity contribution in [2.45, 2.75) is 32.6 Å². The van der Waals surface area contributed by atoms with Gasteiger partial charge >= 0.3 is 5.97 Å². The Bertz CT molecular complexity index is 955. The van der Waals surface area contributed by atoms with Crippen molar-refractivity contribution in [2.24, 2.45) is 5.73 Å². The standard InChI is InChI=1S/C22H27N3O5S/c1-3-30-22(28)20-16-5-4-6-17(16)31-21(20)24-19(27)13-25(12-11-18(23)26)14-7-9-15(29-2)10-8-14/h7-10H,3-6,11-13H2,1-2H3,(H2,23,26)(H,24,27). The van der Waals surface area contributed by atoms with Gasteiger partial charge in [0.15, 0.2) is 0 Å². The van der Waals surface area contributed by atoms with E-state index in [1.807, 2.05) is 12.1 Å². The molecule has 31 heavy (non-hydrogen) atoms. The summed E-state index contributed by atoms with van der Waals surface area (Å²) in [7, 11) is 1.58. The van der Waals surface area contributed by atoms with Crippen molar-refractivity contribution in [3.8, 4) is 5.75 Å². The van der Waals surface area contributed by atoms with Crippen molar-refractivity contribution < 1.29 is 23.9 Å². The molecule has 3 N–H and O–H groups in total. The van der Waals surface area contributed by atoms with E-state index in [2.05, 4.69) is 5.32 Å². The molecule has 9 heteroatoms. The van der Waals surface area contributed by atoms with Gasteiger partial charge in [0.1, 0.15) is 10.8 Å². The lowest BCUT2D eigenvalue weighted by Crippen LogP contribution is -2.35. The van der Waals surface area contributed by atoms with Crippen LogP contribution in [0.2, 0.25) is 0 Å². The van der Waals surface area contributed by atoms with E-state index in [0.29, 0.717) is 22.9 Å². The van der Waals surface area contributed by atoms with Gasteiger partial charge in [-0.2, -0.15) is 0 Å². The van der Waals surface area contributed by atoms with Crippen LogP contribution in [0.5, 0.6) is 5.75 Å². The van der Waals surface area contributed by atoms with Crippen molar-refractivity contribution in [1.82, 2.24) is 0 Å². The van der Waals surface area contributed by atoms with Crippen LogP contribution >= 0.6 is 11.3 Å². The minimum absolute atomic E-state index is 0.00441. The number of anilines is 2. The summed E-state index contributed by atoms with van der Waals surface area (Å²) in [6.07, 6.45) is 2.83. The number of rotatable bonds is 10. The normalized spacial score (nSPS) is 12.2. The smallest absolute Gasteiger partial charge is 0.341 e. The lowest BCUT2D eigenvalue weighted by atomic mass is 10.1. The second kappa shape index (κ2) is 10.3. The predicted octanol–water partition coefficient (Wildman–Crippen LogP) is 2.74. The monoisotopic (exact) mass is 445 g/mol. The molecule has 1 aromatic carbocycles. The maximum absolute atomic E-state index is 12.9. The van der Waals surface area contributed by atoms with Crippen LogP contribution in [-0.4, -0.2) is 44.6 Å². The first-order valence-corrected chi connectivity index (χ1v) is 11.0. The Morgan fingerprint density at radius 2 is 1.94 bits per heavy atom. The number of aryl methyl sites for hydroxylation is 1. The van der Waals surface area contributed by atoms with Gasteiger partial charge in [0.2, 0.25) is 11.8 Å². The van der Waals surface area contributed by atoms with E-state index in [0.717, 1.165) is 35.4 Å². The lowest BCUT2D eigenvalue weighted by Gasteiger charge is -2.24. The number of fused-ring (bicyclic) bond motifs is 1. The average molecular weight is 446 g/mol. The van der Waals surface area contributed by atoms with Crippen LogP contribution in [0.25, 0.3) is 0 Å². The first-order valence-electron chi connectivity index (χ1n) is 10.2. The number of hydrogen-bond donors (Lipinski definition) is 2. The summed E-state index contributed by atoms with van der Waals surface area (Å²) in [6, 6.07) is 7.20. The van der Waals surface area contributed by atoms with Gasteiger partial charge in [-0.15, -0.1) is 11.3 Å². The molecule has 0 aliphatic heterocycles. The SMILES string of the molecule is CCOC(=O)c1c(NC(=O)CN(CCC(N)=O)c2ccc(OC)cc2)sc2c1CCC2. The number of carbonyl (C=O) groups excluding carboxylic acids is 3. The number of nitrogens with zero attached hydrogens (tertiary/aromatic N) is 1. The van der Waals surface area contributed by atoms with Crippen molar-refractivity contribution in [2.75, 3.05) is 37.0 Å². The highest BCUT2D eigenvalue weighted by molar-refractivity contribution is 7.17. The van der Waals surface area contributed by atoms with Crippen LogP contribution in [0.3, 0.4) is 0 Å². The zero-order valence-corrected chi connectivity index (χ0v) is 18.5. The third-order valence-electron chi connectivity index (χ3n) is 5.05. The molecule has 0 radical (unpaired) electrons. The molecule has 1 aromatic heterocycles.